The number of hydrogen-bond donors (Lipinski definition) is 2. The van der Waals surface area contributed by atoms with Crippen molar-refractivity contribution < 1.29 is 14.6 Å². The summed E-state index contributed by atoms with van der Waals surface area (Å²) in [6.07, 6.45) is 0. The second-order valence-corrected chi connectivity index (χ2v) is 9.01. The van der Waals surface area contributed by atoms with Gasteiger partial charge in [-0.05, 0) is 59.5 Å². The summed E-state index contributed by atoms with van der Waals surface area (Å²) < 4.78 is 11.3. The lowest BCUT2D eigenvalue weighted by molar-refractivity contribution is 0.0698. The molecule has 2 heterocycles. The number of aromatic carboxylic acids is 1. The van der Waals surface area contributed by atoms with Gasteiger partial charge in [-0.25, -0.2) is 9.78 Å². The van der Waals surface area contributed by atoms with Gasteiger partial charge in [0.05, 0.1) is 29.7 Å². The number of carboxylic acids is 1. The highest BCUT2D eigenvalue weighted by molar-refractivity contribution is 7.73. The third-order valence-electron chi connectivity index (χ3n) is 5.46. The Hall–Kier alpha value is -3.82. The number of aromatic nitrogens is 4. The van der Waals surface area contributed by atoms with Crippen LogP contribution in [0.2, 0.25) is 0 Å². The van der Waals surface area contributed by atoms with E-state index in [0.717, 1.165) is 28.1 Å². The number of para-hydroxylation sites is 1. The molecule has 5 aromatic rings. The van der Waals surface area contributed by atoms with Crippen LogP contribution in [0.5, 0.6) is 6.01 Å². The molecule has 0 spiro atoms. The van der Waals surface area contributed by atoms with Gasteiger partial charge < -0.3 is 9.84 Å². The van der Waals surface area contributed by atoms with Crippen LogP contribution in [0.3, 0.4) is 0 Å². The van der Waals surface area contributed by atoms with Crippen LogP contribution < -0.4 is 4.74 Å². The molecule has 0 saturated heterocycles. The molecule has 0 bridgehead atoms. The van der Waals surface area contributed by atoms with Crippen molar-refractivity contribution in [1.82, 2.24) is 18.9 Å². The largest absolute Gasteiger partial charge is 0.478 e. The Balaban J connectivity index is 1.53. The average Bonchev–Trinajstić information content (AvgIpc) is 3.43. The van der Waals surface area contributed by atoms with Crippen LogP contribution in [-0.4, -0.2) is 36.6 Å². The fraction of sp³-hybridized carbons (Fsp3) is 0.120. The van der Waals surface area contributed by atoms with Crippen molar-refractivity contribution in [1.29, 1.82) is 0 Å². The first-order chi connectivity index (χ1) is 16.5. The van der Waals surface area contributed by atoms with E-state index < -0.39 is 5.97 Å². The molecule has 0 saturated carbocycles. The molecule has 2 N–H and O–H groups in total. The number of nitrogens with one attached hydrogen (secondary N) is 1. The predicted octanol–water partition coefficient (Wildman–Crippen LogP) is 6.03. The van der Waals surface area contributed by atoms with Gasteiger partial charge in [-0.1, -0.05) is 54.6 Å². The molecular formula is C25H20N4O3S2. The first-order valence-corrected chi connectivity index (χ1v) is 11.9. The number of hydrogen-bond acceptors (Lipinski definition) is 6. The summed E-state index contributed by atoms with van der Waals surface area (Å²) in [6.45, 7) is 2.74. The molecule has 2 aromatic heterocycles. The fourth-order valence-electron chi connectivity index (χ4n) is 3.98. The summed E-state index contributed by atoms with van der Waals surface area (Å²) in [5.41, 5.74) is 5.39. The summed E-state index contributed by atoms with van der Waals surface area (Å²) in [5, 5.41) is 9.70. The van der Waals surface area contributed by atoms with Crippen LogP contribution in [-0.2, 0) is 6.54 Å². The summed E-state index contributed by atoms with van der Waals surface area (Å²) >= 11 is 6.51. The van der Waals surface area contributed by atoms with E-state index in [0.29, 0.717) is 34.1 Å². The molecule has 34 heavy (non-hydrogen) atoms. The maximum atomic E-state index is 11.8. The molecule has 5 rings (SSSR count). The van der Waals surface area contributed by atoms with Crippen molar-refractivity contribution in [3.8, 4) is 28.5 Å². The third-order valence-corrected chi connectivity index (χ3v) is 6.36. The Kier molecular flexibility index (Phi) is 5.95. The highest BCUT2D eigenvalue weighted by Gasteiger charge is 2.19. The zero-order chi connectivity index (χ0) is 23.7. The molecule has 0 radical (unpaired) electrons. The van der Waals surface area contributed by atoms with Crippen molar-refractivity contribution in [3.05, 3.63) is 81.8 Å². The minimum Gasteiger partial charge on any atom is -0.478 e. The zero-order valence-corrected chi connectivity index (χ0v) is 19.8. The fourth-order valence-corrected chi connectivity index (χ4v) is 4.67. The Bertz CT molecular complexity index is 1550. The number of aromatic amines is 1. The van der Waals surface area contributed by atoms with Crippen LogP contribution in [0.25, 0.3) is 33.5 Å². The summed E-state index contributed by atoms with van der Waals surface area (Å²) in [4.78, 5) is 20.8. The lowest BCUT2D eigenvalue weighted by Gasteiger charge is -2.12. The minimum atomic E-state index is -0.997. The Morgan fingerprint density at radius 2 is 1.82 bits per heavy atom. The summed E-state index contributed by atoms with van der Waals surface area (Å²) in [5.74, 6) is -0.245. The number of rotatable bonds is 7. The second-order valence-electron chi connectivity index (χ2n) is 7.56. The molecule has 0 aliphatic heterocycles. The molecule has 0 aliphatic rings. The molecule has 9 heteroatoms. The SMILES string of the molecule is CCOc1nc2cccc(C(=O)O)c2n1Cc1ccc(-c2ccccc2-c2nc(=S)s[nH]2)cc1. The number of ether oxygens (including phenoxy) is 1. The Labute approximate surface area is 204 Å². The molecule has 0 fully saturated rings. The van der Waals surface area contributed by atoms with Crippen LogP contribution in [0.4, 0.5) is 0 Å². The van der Waals surface area contributed by atoms with Gasteiger partial charge in [0.1, 0.15) is 5.82 Å². The number of carboxylic acid groups (broad SMARTS) is 1. The molecule has 0 amide bonds. The van der Waals surface area contributed by atoms with E-state index in [1.54, 1.807) is 18.2 Å². The van der Waals surface area contributed by atoms with Crippen molar-refractivity contribution in [2.45, 2.75) is 13.5 Å². The summed E-state index contributed by atoms with van der Waals surface area (Å²) in [6, 6.07) is 21.7. The van der Waals surface area contributed by atoms with Gasteiger partial charge in [-0.2, -0.15) is 4.98 Å². The zero-order valence-electron chi connectivity index (χ0n) is 18.2. The lowest BCUT2D eigenvalue weighted by Crippen LogP contribution is -2.08. The van der Waals surface area contributed by atoms with E-state index in [4.69, 9.17) is 17.0 Å². The molecule has 0 aliphatic carbocycles. The monoisotopic (exact) mass is 488 g/mol. The van der Waals surface area contributed by atoms with Crippen molar-refractivity contribution in [2.75, 3.05) is 6.61 Å². The maximum Gasteiger partial charge on any atom is 0.337 e. The van der Waals surface area contributed by atoms with Crippen LogP contribution in [0, 0.1) is 3.95 Å². The molecule has 170 valence electrons. The standard InChI is InChI=1S/C25H20N4O3S2/c1-2-32-24-26-20-9-5-8-19(23(30)31)21(20)29(24)14-15-10-12-16(13-11-15)17-6-3-4-7-18(17)22-27-25(33)34-28-22/h3-13H,2,14H2,1H3,(H,30,31)(H,27,28,33). The van der Waals surface area contributed by atoms with E-state index in [1.807, 2.05) is 54.0 Å². The van der Waals surface area contributed by atoms with Crippen LogP contribution in [0.1, 0.15) is 22.8 Å². The lowest BCUT2D eigenvalue weighted by atomic mass is 9.98. The number of imidazole rings is 1. The van der Waals surface area contributed by atoms with Crippen LogP contribution >= 0.6 is 23.8 Å². The quantitative estimate of drug-likeness (QED) is 0.272. The van der Waals surface area contributed by atoms with E-state index in [9.17, 15) is 9.90 Å². The van der Waals surface area contributed by atoms with Crippen LogP contribution in [0.15, 0.2) is 66.7 Å². The third kappa shape index (κ3) is 4.11. The first kappa shape index (κ1) is 22.0. The maximum absolute atomic E-state index is 11.8. The van der Waals surface area contributed by atoms with Crippen molar-refractivity contribution in [3.63, 3.8) is 0 Å². The highest BCUT2D eigenvalue weighted by Crippen LogP contribution is 2.32. The number of nitrogens with zero attached hydrogens (tertiary/aromatic N) is 3. The number of carbonyl (C=O) groups is 1. The van der Waals surface area contributed by atoms with E-state index >= 15 is 0 Å². The van der Waals surface area contributed by atoms with Gasteiger partial charge >= 0.3 is 5.97 Å². The number of benzene rings is 3. The van der Waals surface area contributed by atoms with Gasteiger partial charge in [-0.3, -0.25) is 8.94 Å². The average molecular weight is 489 g/mol. The minimum absolute atomic E-state index is 0.196. The van der Waals surface area contributed by atoms with Gasteiger partial charge in [0.2, 0.25) is 0 Å². The molecule has 0 atom stereocenters. The smallest absolute Gasteiger partial charge is 0.337 e. The van der Waals surface area contributed by atoms with Gasteiger partial charge in [0, 0.05) is 5.56 Å². The van der Waals surface area contributed by atoms with E-state index in [-0.39, 0.29) is 5.56 Å². The van der Waals surface area contributed by atoms with E-state index in [1.165, 1.54) is 11.5 Å². The molecule has 0 unspecified atom stereocenters. The molecular weight excluding hydrogens is 468 g/mol. The second kappa shape index (κ2) is 9.20. The molecule has 3 aromatic carbocycles. The Morgan fingerprint density at radius 3 is 2.50 bits per heavy atom. The normalized spacial score (nSPS) is 11.1. The number of H-pyrrole nitrogens is 1. The highest BCUT2D eigenvalue weighted by atomic mass is 32.2. The van der Waals surface area contributed by atoms with Crippen molar-refractivity contribution >= 4 is 40.8 Å². The summed E-state index contributed by atoms with van der Waals surface area (Å²) in [7, 11) is 0. The topological polar surface area (TPSA) is 93.0 Å². The van der Waals surface area contributed by atoms with E-state index in [2.05, 4.69) is 20.4 Å². The van der Waals surface area contributed by atoms with Crippen molar-refractivity contribution in [2.24, 2.45) is 0 Å². The first-order valence-electron chi connectivity index (χ1n) is 10.6. The Morgan fingerprint density at radius 1 is 1.06 bits per heavy atom. The van der Waals surface area contributed by atoms with Gasteiger partial charge in [0.15, 0.2) is 3.95 Å². The molecule has 7 nitrogen and oxygen atoms in total. The predicted molar refractivity (Wildman–Crippen MR) is 135 cm³/mol. The number of fused-ring (bicyclic) bond motifs is 1. The van der Waals surface area contributed by atoms with Gasteiger partial charge in [0.25, 0.3) is 6.01 Å². The van der Waals surface area contributed by atoms with Gasteiger partial charge in [-0.15, -0.1) is 0 Å².